The van der Waals surface area contributed by atoms with Crippen molar-refractivity contribution in [1.82, 2.24) is 20.9 Å². The highest BCUT2D eigenvalue weighted by atomic mass is 16.5. The molecule has 0 saturated carbocycles. The van der Waals surface area contributed by atoms with Gasteiger partial charge in [0.25, 0.3) is 5.91 Å². The lowest BCUT2D eigenvalue weighted by Gasteiger charge is -2.29. The molecule has 2 aromatic rings. The Balaban J connectivity index is 1.70. The fourth-order valence-electron chi connectivity index (χ4n) is 4.00. The fourth-order valence-corrected chi connectivity index (χ4v) is 4.00. The molecule has 1 aliphatic heterocycles. The molecule has 1 heterocycles. The molecule has 7 nitrogen and oxygen atoms in total. The molecule has 0 spiro atoms. The van der Waals surface area contributed by atoms with Gasteiger partial charge in [-0.25, -0.2) is 4.99 Å². The van der Waals surface area contributed by atoms with Crippen LogP contribution >= 0.6 is 0 Å². The number of aliphatic imine (C=N–C) groups is 1. The molecule has 0 radical (unpaired) electrons. The van der Waals surface area contributed by atoms with Crippen LogP contribution in [0.5, 0.6) is 5.75 Å². The highest BCUT2D eigenvalue weighted by Crippen LogP contribution is 2.26. The molecule has 32 heavy (non-hydrogen) atoms. The molecule has 1 unspecified atom stereocenters. The van der Waals surface area contributed by atoms with E-state index in [0.29, 0.717) is 12.1 Å². The van der Waals surface area contributed by atoms with Gasteiger partial charge >= 0.3 is 0 Å². The normalized spacial score (nSPS) is 15.3. The number of hydrogen-bond donors (Lipinski definition) is 3. The van der Waals surface area contributed by atoms with Crippen LogP contribution in [0.15, 0.2) is 53.5 Å². The van der Waals surface area contributed by atoms with Crippen LogP contribution in [0.1, 0.15) is 47.3 Å². The number of hydrogen-bond acceptors (Lipinski definition) is 4. The number of carbonyl (C=O) groups excluding carboxylic acids is 1. The van der Waals surface area contributed by atoms with Gasteiger partial charge in [-0.2, -0.15) is 0 Å². The van der Waals surface area contributed by atoms with Crippen molar-refractivity contribution in [3.8, 4) is 5.75 Å². The summed E-state index contributed by atoms with van der Waals surface area (Å²) in [6.45, 7) is 6.32. The van der Waals surface area contributed by atoms with E-state index in [-0.39, 0.29) is 11.9 Å². The molecule has 1 fully saturated rings. The summed E-state index contributed by atoms with van der Waals surface area (Å²) in [5, 5.41) is 9.53. The van der Waals surface area contributed by atoms with Crippen LogP contribution in [0.25, 0.3) is 0 Å². The van der Waals surface area contributed by atoms with E-state index < -0.39 is 0 Å². The monoisotopic (exact) mass is 437 g/mol. The summed E-state index contributed by atoms with van der Waals surface area (Å²) >= 11 is 0. The van der Waals surface area contributed by atoms with Crippen molar-refractivity contribution in [2.45, 2.75) is 32.4 Å². The molecule has 0 aromatic heterocycles. The average Bonchev–Trinajstić information content (AvgIpc) is 3.37. The van der Waals surface area contributed by atoms with E-state index in [1.807, 2.05) is 36.4 Å². The Labute approximate surface area is 191 Å². The number of nitrogens with zero attached hydrogens (tertiary/aromatic N) is 2. The Bertz CT molecular complexity index is 891. The molecule has 3 rings (SSSR count). The van der Waals surface area contributed by atoms with Gasteiger partial charge in [0, 0.05) is 25.7 Å². The summed E-state index contributed by atoms with van der Waals surface area (Å²) < 4.78 is 5.33. The molecule has 172 valence electrons. The molecule has 1 atom stereocenters. The number of ether oxygens (including phenoxy) is 1. The topological polar surface area (TPSA) is 78.0 Å². The first kappa shape index (κ1) is 23.6. The van der Waals surface area contributed by atoms with E-state index in [1.165, 1.54) is 18.4 Å². The summed E-state index contributed by atoms with van der Waals surface area (Å²) in [5.74, 6) is 1.56. The van der Waals surface area contributed by atoms with Crippen molar-refractivity contribution < 1.29 is 9.53 Å². The van der Waals surface area contributed by atoms with Gasteiger partial charge in [0.2, 0.25) is 0 Å². The van der Waals surface area contributed by atoms with E-state index in [1.54, 1.807) is 14.2 Å². The van der Waals surface area contributed by atoms with Gasteiger partial charge in [0.1, 0.15) is 5.75 Å². The predicted octanol–water partition coefficient (Wildman–Crippen LogP) is 2.95. The Kier molecular flexibility index (Phi) is 8.92. The van der Waals surface area contributed by atoms with Crippen LogP contribution in [-0.4, -0.2) is 57.1 Å². The summed E-state index contributed by atoms with van der Waals surface area (Å²) in [7, 11) is 3.33. The molecule has 2 aromatic carbocycles. The minimum atomic E-state index is -0.0891. The molecule has 1 aliphatic rings. The molecule has 1 amide bonds. The molecule has 0 aliphatic carbocycles. The number of likely N-dealkylation sites (tertiary alicyclic amines) is 1. The molecule has 0 bridgehead atoms. The van der Waals surface area contributed by atoms with Gasteiger partial charge in [0.15, 0.2) is 5.96 Å². The Hall–Kier alpha value is -3.06. The van der Waals surface area contributed by atoms with Gasteiger partial charge in [-0.3, -0.25) is 9.69 Å². The van der Waals surface area contributed by atoms with E-state index >= 15 is 0 Å². The Morgan fingerprint density at radius 2 is 1.88 bits per heavy atom. The van der Waals surface area contributed by atoms with Crippen molar-refractivity contribution in [1.29, 1.82) is 0 Å². The fraction of sp³-hybridized carbons (Fsp3) is 0.440. The van der Waals surface area contributed by atoms with Crippen LogP contribution in [0.2, 0.25) is 0 Å². The predicted molar refractivity (Wildman–Crippen MR) is 129 cm³/mol. The van der Waals surface area contributed by atoms with E-state index in [4.69, 9.17) is 9.73 Å². The van der Waals surface area contributed by atoms with Crippen LogP contribution in [-0.2, 0) is 6.54 Å². The number of rotatable bonds is 9. The smallest absolute Gasteiger partial charge is 0.251 e. The zero-order valence-corrected chi connectivity index (χ0v) is 19.4. The minimum absolute atomic E-state index is 0.0891. The third kappa shape index (κ3) is 6.47. The highest BCUT2D eigenvalue weighted by molar-refractivity contribution is 5.94. The number of benzene rings is 2. The largest absolute Gasteiger partial charge is 0.497 e. The molecular formula is C25H35N5O2. The minimum Gasteiger partial charge on any atom is -0.497 e. The molecular weight excluding hydrogens is 402 g/mol. The first-order chi connectivity index (χ1) is 15.6. The van der Waals surface area contributed by atoms with E-state index in [9.17, 15) is 4.79 Å². The zero-order valence-electron chi connectivity index (χ0n) is 19.4. The van der Waals surface area contributed by atoms with Gasteiger partial charge in [-0.05, 0) is 68.2 Å². The second-order valence-corrected chi connectivity index (χ2v) is 7.89. The van der Waals surface area contributed by atoms with E-state index in [2.05, 4.69) is 39.9 Å². The van der Waals surface area contributed by atoms with Crippen molar-refractivity contribution in [3.63, 3.8) is 0 Å². The van der Waals surface area contributed by atoms with Crippen LogP contribution in [0, 0.1) is 0 Å². The second-order valence-electron chi connectivity index (χ2n) is 7.89. The quantitative estimate of drug-likeness (QED) is 0.415. The summed E-state index contributed by atoms with van der Waals surface area (Å²) in [4.78, 5) is 19.2. The maximum atomic E-state index is 11.9. The standard InChI is InChI=1S/C25H35N5O2/c1-4-27-25(28-17-19-8-7-9-21(16-19)24(31)26-2)29-18-23(30-14-5-6-15-30)20-10-12-22(32-3)13-11-20/h7-13,16,23H,4-6,14-15,17-18H2,1-3H3,(H,26,31)(H2,27,28,29). The van der Waals surface area contributed by atoms with Gasteiger partial charge in [0.05, 0.1) is 19.7 Å². The van der Waals surface area contributed by atoms with Crippen LogP contribution in [0.4, 0.5) is 0 Å². The Morgan fingerprint density at radius 3 is 2.53 bits per heavy atom. The molecule has 1 saturated heterocycles. The molecule has 7 heteroatoms. The summed E-state index contributed by atoms with van der Waals surface area (Å²) in [6.07, 6.45) is 2.48. The average molecular weight is 438 g/mol. The number of nitrogens with one attached hydrogen (secondary N) is 3. The number of amides is 1. The summed E-state index contributed by atoms with van der Waals surface area (Å²) in [6, 6.07) is 16.2. The van der Waals surface area contributed by atoms with Gasteiger partial charge in [-0.1, -0.05) is 24.3 Å². The highest BCUT2D eigenvalue weighted by Gasteiger charge is 2.23. The number of methoxy groups -OCH3 is 1. The Morgan fingerprint density at radius 1 is 1.12 bits per heavy atom. The van der Waals surface area contributed by atoms with Crippen LogP contribution < -0.4 is 20.7 Å². The first-order valence-electron chi connectivity index (χ1n) is 11.4. The van der Waals surface area contributed by atoms with Crippen molar-refractivity contribution in [2.24, 2.45) is 4.99 Å². The lowest BCUT2D eigenvalue weighted by atomic mass is 10.1. The zero-order chi connectivity index (χ0) is 22.8. The van der Waals surface area contributed by atoms with Crippen molar-refractivity contribution >= 4 is 11.9 Å². The maximum Gasteiger partial charge on any atom is 0.251 e. The molecule has 3 N–H and O–H groups in total. The van der Waals surface area contributed by atoms with Crippen LogP contribution in [0.3, 0.4) is 0 Å². The SMILES string of the molecule is CCNC(=NCc1cccc(C(=O)NC)c1)NCC(c1ccc(OC)cc1)N1CCCC1. The lowest BCUT2D eigenvalue weighted by molar-refractivity contribution is 0.0963. The van der Waals surface area contributed by atoms with Crippen molar-refractivity contribution in [3.05, 3.63) is 65.2 Å². The number of guanidine groups is 1. The van der Waals surface area contributed by atoms with E-state index in [0.717, 1.165) is 43.5 Å². The van der Waals surface area contributed by atoms with Gasteiger partial charge in [-0.15, -0.1) is 0 Å². The maximum absolute atomic E-state index is 11.9. The third-order valence-electron chi connectivity index (χ3n) is 5.73. The third-order valence-corrected chi connectivity index (χ3v) is 5.73. The van der Waals surface area contributed by atoms with Gasteiger partial charge < -0.3 is 20.7 Å². The number of carbonyl (C=O) groups is 1. The van der Waals surface area contributed by atoms with Crippen molar-refractivity contribution in [2.75, 3.05) is 40.3 Å². The second kappa shape index (κ2) is 12.1. The summed E-state index contributed by atoms with van der Waals surface area (Å²) in [5.41, 5.74) is 2.91. The first-order valence-corrected chi connectivity index (χ1v) is 11.4. The lowest BCUT2D eigenvalue weighted by Crippen LogP contribution is -2.42.